The fraction of sp³-hybridized carbons (Fsp3) is 0.214. The van der Waals surface area contributed by atoms with Crippen LogP contribution in [0.5, 0.6) is 0 Å². The second-order valence-corrected chi connectivity index (χ2v) is 5.30. The Kier molecular flexibility index (Phi) is 4.45. The van der Waals surface area contributed by atoms with E-state index in [1.54, 1.807) is 12.1 Å². The normalized spacial score (nSPS) is 9.75. The molecular weight excluding hydrogens is 272 g/mol. The quantitative estimate of drug-likeness (QED) is 0.824. The molecule has 102 valence electrons. The minimum atomic E-state index is -0.225. The fourth-order valence-electron chi connectivity index (χ4n) is 1.56. The molecule has 0 aliphatic carbocycles. The van der Waals surface area contributed by atoms with Crippen LogP contribution >= 0.6 is 11.3 Å². The van der Waals surface area contributed by atoms with Crippen LogP contribution in [0.3, 0.4) is 0 Å². The van der Waals surface area contributed by atoms with E-state index in [9.17, 15) is 4.79 Å². The summed E-state index contributed by atoms with van der Waals surface area (Å²) in [4.78, 5) is 12.1. The van der Waals surface area contributed by atoms with Gasteiger partial charge in [-0.1, -0.05) is 29.2 Å². The summed E-state index contributed by atoms with van der Waals surface area (Å²) < 4.78 is 0. The van der Waals surface area contributed by atoms with Crippen molar-refractivity contribution in [1.82, 2.24) is 10.2 Å². The molecule has 3 N–H and O–H groups in total. The first kappa shape index (κ1) is 14.2. The lowest BCUT2D eigenvalue weighted by molar-refractivity contribution is 0.102. The lowest BCUT2D eigenvalue weighted by Gasteiger charge is -2.04. The molecule has 0 saturated carbocycles. The first-order valence-electron chi connectivity index (χ1n) is 6.01. The Morgan fingerprint density at radius 1 is 1.40 bits per heavy atom. The van der Waals surface area contributed by atoms with E-state index in [2.05, 4.69) is 27.4 Å². The topological polar surface area (TPSA) is 80.9 Å². The number of amides is 1. The van der Waals surface area contributed by atoms with E-state index in [0.717, 1.165) is 16.1 Å². The Labute approximate surface area is 121 Å². The second kappa shape index (κ2) is 6.28. The Bertz CT molecular complexity index is 697. The molecule has 1 aromatic heterocycles. The summed E-state index contributed by atoms with van der Waals surface area (Å²) in [6, 6.07) is 5.37. The average molecular weight is 286 g/mol. The highest BCUT2D eigenvalue weighted by molar-refractivity contribution is 7.15. The smallest absolute Gasteiger partial charge is 0.257 e. The number of rotatable bonds is 2. The van der Waals surface area contributed by atoms with Crippen LogP contribution in [0.25, 0.3) is 0 Å². The number of carbonyl (C=O) groups excluding carboxylic acids is 1. The molecule has 5 nitrogen and oxygen atoms in total. The van der Waals surface area contributed by atoms with Crippen molar-refractivity contribution in [3.8, 4) is 11.8 Å². The van der Waals surface area contributed by atoms with E-state index in [0.29, 0.717) is 17.2 Å². The van der Waals surface area contributed by atoms with Crippen LogP contribution in [0.15, 0.2) is 18.2 Å². The molecule has 0 aliphatic rings. The molecule has 0 atom stereocenters. The SMILES string of the molecule is Cc1nnc(NC(=O)c2ccc(C)c(C#CCN)c2)s1. The van der Waals surface area contributed by atoms with Crippen molar-refractivity contribution in [2.45, 2.75) is 13.8 Å². The summed E-state index contributed by atoms with van der Waals surface area (Å²) in [5, 5.41) is 11.7. The first-order chi connectivity index (χ1) is 9.60. The summed E-state index contributed by atoms with van der Waals surface area (Å²) >= 11 is 1.33. The van der Waals surface area contributed by atoms with Crippen molar-refractivity contribution < 1.29 is 4.79 Å². The zero-order valence-corrected chi connectivity index (χ0v) is 12.0. The van der Waals surface area contributed by atoms with Gasteiger partial charge in [-0.15, -0.1) is 10.2 Å². The standard InChI is InChI=1S/C14H14N4OS/c1-9-5-6-12(8-11(9)4-3-7-15)13(19)16-14-18-17-10(2)20-14/h5-6,8H,7,15H2,1-2H3,(H,16,18,19). The lowest BCUT2D eigenvalue weighted by atomic mass is 10.0. The van der Waals surface area contributed by atoms with E-state index in [4.69, 9.17) is 5.73 Å². The lowest BCUT2D eigenvalue weighted by Crippen LogP contribution is -2.12. The highest BCUT2D eigenvalue weighted by Gasteiger charge is 2.10. The van der Waals surface area contributed by atoms with Crippen LogP contribution in [-0.4, -0.2) is 22.6 Å². The Morgan fingerprint density at radius 2 is 2.20 bits per heavy atom. The van der Waals surface area contributed by atoms with E-state index in [1.165, 1.54) is 11.3 Å². The van der Waals surface area contributed by atoms with Gasteiger partial charge in [0.05, 0.1) is 6.54 Å². The van der Waals surface area contributed by atoms with Gasteiger partial charge in [-0.2, -0.15) is 0 Å². The minimum Gasteiger partial charge on any atom is -0.320 e. The summed E-state index contributed by atoms with van der Waals surface area (Å²) in [6.45, 7) is 4.07. The monoisotopic (exact) mass is 286 g/mol. The van der Waals surface area contributed by atoms with E-state index < -0.39 is 0 Å². The number of carbonyl (C=O) groups is 1. The highest BCUT2D eigenvalue weighted by atomic mass is 32.1. The highest BCUT2D eigenvalue weighted by Crippen LogP contribution is 2.16. The number of benzene rings is 1. The number of nitrogens with zero attached hydrogens (tertiary/aromatic N) is 2. The average Bonchev–Trinajstić information content (AvgIpc) is 2.83. The van der Waals surface area contributed by atoms with Gasteiger partial charge in [0.1, 0.15) is 5.01 Å². The van der Waals surface area contributed by atoms with Crippen LogP contribution in [-0.2, 0) is 0 Å². The number of hydrogen-bond donors (Lipinski definition) is 2. The van der Waals surface area contributed by atoms with Gasteiger partial charge < -0.3 is 5.73 Å². The number of hydrogen-bond acceptors (Lipinski definition) is 5. The molecule has 0 radical (unpaired) electrons. The largest absolute Gasteiger partial charge is 0.320 e. The van der Waals surface area contributed by atoms with Crippen molar-refractivity contribution in [2.24, 2.45) is 5.73 Å². The van der Waals surface area contributed by atoms with Crippen molar-refractivity contribution in [3.05, 3.63) is 39.9 Å². The van der Waals surface area contributed by atoms with Crippen molar-refractivity contribution in [1.29, 1.82) is 0 Å². The summed E-state index contributed by atoms with van der Waals surface area (Å²) in [7, 11) is 0. The van der Waals surface area contributed by atoms with Gasteiger partial charge in [-0.3, -0.25) is 10.1 Å². The maximum atomic E-state index is 12.1. The predicted molar refractivity (Wildman–Crippen MR) is 79.7 cm³/mol. The van der Waals surface area contributed by atoms with Crippen LogP contribution < -0.4 is 11.1 Å². The third-order valence-electron chi connectivity index (χ3n) is 2.57. The molecular formula is C14H14N4OS. The van der Waals surface area contributed by atoms with E-state index >= 15 is 0 Å². The maximum Gasteiger partial charge on any atom is 0.257 e. The first-order valence-corrected chi connectivity index (χ1v) is 6.83. The molecule has 0 saturated heterocycles. The molecule has 2 rings (SSSR count). The Balaban J connectivity index is 2.22. The van der Waals surface area contributed by atoms with Crippen molar-refractivity contribution >= 4 is 22.4 Å². The number of aryl methyl sites for hydroxylation is 2. The number of nitrogens with one attached hydrogen (secondary N) is 1. The fourth-order valence-corrected chi connectivity index (χ4v) is 2.15. The summed E-state index contributed by atoms with van der Waals surface area (Å²) in [6.07, 6.45) is 0. The van der Waals surface area contributed by atoms with Gasteiger partial charge >= 0.3 is 0 Å². The van der Waals surface area contributed by atoms with Gasteiger partial charge in [0.25, 0.3) is 5.91 Å². The molecule has 0 fully saturated rings. The summed E-state index contributed by atoms with van der Waals surface area (Å²) in [5.74, 6) is 5.52. The Morgan fingerprint density at radius 3 is 2.85 bits per heavy atom. The van der Waals surface area contributed by atoms with Crippen LogP contribution in [0.1, 0.15) is 26.5 Å². The Hall–Kier alpha value is -2.23. The van der Waals surface area contributed by atoms with Gasteiger partial charge in [0, 0.05) is 11.1 Å². The number of anilines is 1. The molecule has 1 heterocycles. The molecule has 0 bridgehead atoms. The zero-order valence-electron chi connectivity index (χ0n) is 11.2. The predicted octanol–water partition coefficient (Wildman–Crippen LogP) is 1.72. The molecule has 0 unspecified atom stereocenters. The number of aromatic nitrogens is 2. The van der Waals surface area contributed by atoms with E-state index in [1.807, 2.05) is 19.9 Å². The molecule has 1 amide bonds. The number of nitrogens with two attached hydrogens (primary N) is 1. The molecule has 2 aromatic rings. The van der Waals surface area contributed by atoms with Crippen LogP contribution in [0.4, 0.5) is 5.13 Å². The van der Waals surface area contributed by atoms with Gasteiger partial charge in [0.15, 0.2) is 0 Å². The van der Waals surface area contributed by atoms with E-state index in [-0.39, 0.29) is 5.91 Å². The second-order valence-electron chi connectivity index (χ2n) is 4.12. The third kappa shape index (κ3) is 3.41. The molecule has 6 heteroatoms. The van der Waals surface area contributed by atoms with Crippen LogP contribution in [0.2, 0.25) is 0 Å². The van der Waals surface area contributed by atoms with Gasteiger partial charge in [0.2, 0.25) is 5.13 Å². The molecule has 0 aliphatic heterocycles. The third-order valence-corrected chi connectivity index (χ3v) is 3.33. The molecule has 0 spiro atoms. The maximum absolute atomic E-state index is 12.1. The minimum absolute atomic E-state index is 0.225. The molecule has 1 aromatic carbocycles. The van der Waals surface area contributed by atoms with Crippen LogP contribution in [0, 0.1) is 25.7 Å². The van der Waals surface area contributed by atoms with Gasteiger partial charge in [-0.25, -0.2) is 0 Å². The van der Waals surface area contributed by atoms with Crippen molar-refractivity contribution in [3.63, 3.8) is 0 Å². The summed E-state index contributed by atoms with van der Waals surface area (Å²) in [5.41, 5.74) is 7.71. The van der Waals surface area contributed by atoms with Crippen molar-refractivity contribution in [2.75, 3.05) is 11.9 Å². The molecule has 20 heavy (non-hydrogen) atoms. The zero-order chi connectivity index (χ0) is 14.5. The van der Waals surface area contributed by atoms with Gasteiger partial charge in [-0.05, 0) is 31.5 Å².